The lowest BCUT2D eigenvalue weighted by Crippen LogP contribution is -2.59. The summed E-state index contributed by atoms with van der Waals surface area (Å²) in [6.45, 7) is 5.27. The van der Waals surface area contributed by atoms with E-state index in [0.29, 0.717) is 12.6 Å². The molecule has 0 spiro atoms. The Bertz CT molecular complexity index is 179. The van der Waals surface area contributed by atoms with Gasteiger partial charge in [0.2, 0.25) is 0 Å². The molecule has 15 heavy (non-hydrogen) atoms. The second kappa shape index (κ2) is 5.80. The summed E-state index contributed by atoms with van der Waals surface area (Å²) in [7, 11) is 2.15. The van der Waals surface area contributed by atoms with E-state index in [1.54, 1.807) is 0 Å². The van der Waals surface area contributed by atoms with Crippen molar-refractivity contribution in [3.8, 4) is 0 Å². The molecule has 4 N–H and O–H groups in total. The molecular weight excluding hydrogens is 190 g/mol. The van der Waals surface area contributed by atoms with Gasteiger partial charge in [-0.15, -0.1) is 0 Å². The maximum atomic E-state index is 8.89. The number of aliphatic hydroxyl groups is 1. The molecule has 4 heteroatoms. The van der Waals surface area contributed by atoms with Crippen molar-refractivity contribution in [2.75, 3.05) is 33.3 Å². The van der Waals surface area contributed by atoms with Gasteiger partial charge >= 0.3 is 0 Å². The Hall–Kier alpha value is -0.160. The molecule has 0 saturated carbocycles. The van der Waals surface area contributed by atoms with Gasteiger partial charge in [0.15, 0.2) is 0 Å². The minimum absolute atomic E-state index is 0.0983. The average Bonchev–Trinajstić information content (AvgIpc) is 2.22. The fourth-order valence-corrected chi connectivity index (χ4v) is 2.24. The van der Waals surface area contributed by atoms with Crippen molar-refractivity contribution in [3.05, 3.63) is 0 Å². The molecule has 1 unspecified atom stereocenters. The van der Waals surface area contributed by atoms with Crippen LogP contribution < -0.4 is 11.1 Å². The maximum Gasteiger partial charge on any atom is 0.0445 e. The number of likely N-dealkylation sites (tertiary alicyclic amines) is 1. The molecule has 1 rings (SSSR count). The first-order valence-corrected chi connectivity index (χ1v) is 5.89. The van der Waals surface area contributed by atoms with Crippen molar-refractivity contribution in [3.63, 3.8) is 0 Å². The van der Waals surface area contributed by atoms with Gasteiger partial charge in [-0.25, -0.2) is 0 Å². The van der Waals surface area contributed by atoms with Crippen LogP contribution in [0.4, 0.5) is 0 Å². The number of hydrogen-bond donors (Lipinski definition) is 3. The predicted molar refractivity (Wildman–Crippen MR) is 62.8 cm³/mol. The van der Waals surface area contributed by atoms with Crippen LogP contribution in [0.2, 0.25) is 0 Å². The van der Waals surface area contributed by atoms with Crippen molar-refractivity contribution in [1.29, 1.82) is 0 Å². The number of piperidine rings is 1. The average molecular weight is 215 g/mol. The highest BCUT2D eigenvalue weighted by Crippen LogP contribution is 2.21. The van der Waals surface area contributed by atoms with Gasteiger partial charge < -0.3 is 21.1 Å². The first-order chi connectivity index (χ1) is 7.12. The lowest BCUT2D eigenvalue weighted by atomic mass is 9.86. The predicted octanol–water partition coefficient (Wildman–Crippen LogP) is -0.230. The minimum atomic E-state index is 0.0983. The minimum Gasteiger partial charge on any atom is -0.396 e. The van der Waals surface area contributed by atoms with Crippen LogP contribution in [0.1, 0.15) is 26.2 Å². The maximum absolute atomic E-state index is 8.89. The van der Waals surface area contributed by atoms with Crippen molar-refractivity contribution >= 4 is 0 Å². The molecule has 1 saturated heterocycles. The summed E-state index contributed by atoms with van der Waals surface area (Å²) in [5.74, 6) is 0. The van der Waals surface area contributed by atoms with Crippen LogP contribution in [-0.4, -0.2) is 54.9 Å². The van der Waals surface area contributed by atoms with Gasteiger partial charge in [0.05, 0.1) is 0 Å². The van der Waals surface area contributed by atoms with Gasteiger partial charge in [-0.05, 0) is 46.3 Å². The van der Waals surface area contributed by atoms with Crippen LogP contribution in [0.25, 0.3) is 0 Å². The number of nitrogens with zero attached hydrogens (tertiary/aromatic N) is 1. The van der Waals surface area contributed by atoms with Crippen molar-refractivity contribution in [2.45, 2.75) is 37.8 Å². The monoisotopic (exact) mass is 215 g/mol. The summed E-state index contributed by atoms with van der Waals surface area (Å²) >= 11 is 0. The third kappa shape index (κ3) is 3.72. The first kappa shape index (κ1) is 12.9. The van der Waals surface area contributed by atoms with Crippen LogP contribution >= 0.6 is 0 Å². The molecule has 0 bridgehead atoms. The summed E-state index contributed by atoms with van der Waals surface area (Å²) in [4.78, 5) is 2.34. The third-order valence-electron chi connectivity index (χ3n) is 3.45. The van der Waals surface area contributed by atoms with Crippen LogP contribution in [0, 0.1) is 0 Å². The van der Waals surface area contributed by atoms with Crippen molar-refractivity contribution < 1.29 is 5.11 Å². The van der Waals surface area contributed by atoms with Crippen LogP contribution in [0.3, 0.4) is 0 Å². The van der Waals surface area contributed by atoms with E-state index >= 15 is 0 Å². The third-order valence-corrected chi connectivity index (χ3v) is 3.45. The lowest BCUT2D eigenvalue weighted by molar-refractivity contribution is 0.144. The summed E-state index contributed by atoms with van der Waals surface area (Å²) in [6.07, 6.45) is 3.02. The summed E-state index contributed by atoms with van der Waals surface area (Å²) < 4.78 is 0. The Morgan fingerprint density at radius 2 is 2.07 bits per heavy atom. The summed E-state index contributed by atoms with van der Waals surface area (Å²) in [5.41, 5.74) is 5.98. The Balaban J connectivity index is 2.46. The van der Waals surface area contributed by atoms with Gasteiger partial charge in [-0.3, -0.25) is 0 Å². The van der Waals surface area contributed by atoms with Crippen LogP contribution in [-0.2, 0) is 0 Å². The molecule has 0 aromatic heterocycles. The van der Waals surface area contributed by atoms with Crippen molar-refractivity contribution in [2.24, 2.45) is 5.73 Å². The SMILES string of the molecule is CC(CCO)NC1(CN)CCN(C)CC1. The van der Waals surface area contributed by atoms with E-state index in [0.717, 1.165) is 32.4 Å². The summed E-state index contributed by atoms with van der Waals surface area (Å²) in [6, 6.07) is 0.349. The Labute approximate surface area is 92.8 Å². The lowest BCUT2D eigenvalue weighted by Gasteiger charge is -2.42. The van der Waals surface area contributed by atoms with Gasteiger partial charge in [0.25, 0.3) is 0 Å². The van der Waals surface area contributed by atoms with Gasteiger partial charge in [-0.2, -0.15) is 0 Å². The van der Waals surface area contributed by atoms with E-state index in [9.17, 15) is 0 Å². The Kier molecular flexibility index (Phi) is 4.99. The molecule has 0 aromatic carbocycles. The van der Waals surface area contributed by atoms with Gasteiger partial charge in [0.1, 0.15) is 0 Å². The topological polar surface area (TPSA) is 61.5 Å². The molecule has 90 valence electrons. The van der Waals surface area contributed by atoms with E-state index in [4.69, 9.17) is 10.8 Å². The highest BCUT2D eigenvalue weighted by Gasteiger charge is 2.32. The van der Waals surface area contributed by atoms with Gasteiger partial charge in [0, 0.05) is 24.7 Å². The molecular formula is C11H25N3O. The molecule has 4 nitrogen and oxygen atoms in total. The molecule has 1 fully saturated rings. The number of hydrogen-bond acceptors (Lipinski definition) is 4. The number of aliphatic hydroxyl groups excluding tert-OH is 1. The van der Waals surface area contributed by atoms with E-state index in [2.05, 4.69) is 24.2 Å². The summed E-state index contributed by atoms with van der Waals surface area (Å²) in [5, 5.41) is 12.5. The molecule has 1 aliphatic heterocycles. The van der Waals surface area contributed by atoms with Crippen LogP contribution in [0.15, 0.2) is 0 Å². The zero-order valence-electron chi connectivity index (χ0n) is 10.00. The quantitative estimate of drug-likeness (QED) is 0.593. The number of rotatable bonds is 5. The van der Waals surface area contributed by atoms with E-state index in [1.807, 2.05) is 0 Å². The Morgan fingerprint density at radius 3 is 2.53 bits per heavy atom. The highest BCUT2D eigenvalue weighted by atomic mass is 16.3. The van der Waals surface area contributed by atoms with E-state index in [1.165, 1.54) is 0 Å². The first-order valence-electron chi connectivity index (χ1n) is 5.89. The number of nitrogens with one attached hydrogen (secondary N) is 1. The zero-order valence-corrected chi connectivity index (χ0v) is 10.00. The highest BCUT2D eigenvalue weighted by molar-refractivity contribution is 4.95. The molecule has 0 amide bonds. The fourth-order valence-electron chi connectivity index (χ4n) is 2.24. The number of nitrogens with two attached hydrogens (primary N) is 1. The fraction of sp³-hybridized carbons (Fsp3) is 1.00. The zero-order chi connectivity index (χ0) is 11.3. The normalized spacial score (nSPS) is 24.0. The van der Waals surface area contributed by atoms with Crippen molar-refractivity contribution in [1.82, 2.24) is 10.2 Å². The molecule has 0 aromatic rings. The Morgan fingerprint density at radius 1 is 1.47 bits per heavy atom. The largest absolute Gasteiger partial charge is 0.396 e. The van der Waals surface area contributed by atoms with E-state index in [-0.39, 0.29) is 12.1 Å². The molecule has 0 aliphatic carbocycles. The van der Waals surface area contributed by atoms with Gasteiger partial charge in [-0.1, -0.05) is 0 Å². The smallest absolute Gasteiger partial charge is 0.0445 e. The van der Waals surface area contributed by atoms with E-state index < -0.39 is 0 Å². The second-order valence-corrected chi connectivity index (χ2v) is 4.85. The second-order valence-electron chi connectivity index (χ2n) is 4.85. The molecule has 1 heterocycles. The molecule has 1 aliphatic rings. The standard InChI is InChI=1S/C11H25N3O/c1-10(3-8-15)13-11(9-12)4-6-14(2)7-5-11/h10,13,15H,3-9,12H2,1-2H3. The van der Waals surface area contributed by atoms with Crippen LogP contribution in [0.5, 0.6) is 0 Å². The molecule has 1 atom stereocenters. The molecule has 0 radical (unpaired) electrons.